The average Bonchev–Trinajstić information content (AvgIpc) is 2.58. The first kappa shape index (κ1) is 19.7. The lowest BCUT2D eigenvalue weighted by atomic mass is 9.98. The van der Waals surface area contributed by atoms with E-state index in [2.05, 4.69) is 4.98 Å². The molecule has 0 aliphatic heterocycles. The van der Waals surface area contributed by atoms with Crippen molar-refractivity contribution in [2.45, 2.75) is 13.8 Å². The van der Waals surface area contributed by atoms with E-state index in [-0.39, 0.29) is 0 Å². The molecular formula is C20H18Cl2N2O2S. The largest absolute Gasteiger partial charge is 0.264 e. The summed E-state index contributed by atoms with van der Waals surface area (Å²) in [6.07, 6.45) is 4.72. The van der Waals surface area contributed by atoms with Gasteiger partial charge in [0.2, 0.25) is 10.0 Å². The SMILES string of the molecule is Cc1cc(N(c2ccc(Cl)c(Cl)c2)S(C)(=O)=O)ccc1-c1cnccc1C. The van der Waals surface area contributed by atoms with Crippen LogP contribution in [-0.4, -0.2) is 19.7 Å². The van der Waals surface area contributed by atoms with E-state index in [4.69, 9.17) is 23.2 Å². The standard InChI is InChI=1S/C20H18Cl2N2O2S/c1-13-8-9-23-12-18(13)17-6-4-15(10-14(17)2)24(27(3,25)26)16-5-7-19(21)20(22)11-16/h4-12H,1-3H3. The monoisotopic (exact) mass is 420 g/mol. The number of anilines is 2. The number of benzene rings is 2. The third-order valence-electron chi connectivity index (χ3n) is 4.24. The fourth-order valence-corrected chi connectivity index (χ4v) is 4.25. The first-order chi connectivity index (χ1) is 12.7. The van der Waals surface area contributed by atoms with Crippen molar-refractivity contribution >= 4 is 44.6 Å². The Hall–Kier alpha value is -2.08. The number of aromatic nitrogens is 1. The van der Waals surface area contributed by atoms with Crippen LogP contribution in [0.3, 0.4) is 0 Å². The molecule has 27 heavy (non-hydrogen) atoms. The molecule has 0 N–H and O–H groups in total. The normalized spacial score (nSPS) is 11.4. The predicted molar refractivity (Wildman–Crippen MR) is 113 cm³/mol. The number of sulfonamides is 1. The van der Waals surface area contributed by atoms with Gasteiger partial charge in [0, 0.05) is 18.0 Å². The Bertz CT molecular complexity index is 1110. The Morgan fingerprint density at radius 3 is 2.11 bits per heavy atom. The van der Waals surface area contributed by atoms with E-state index in [1.54, 1.807) is 30.5 Å². The molecule has 140 valence electrons. The van der Waals surface area contributed by atoms with Crippen LogP contribution in [-0.2, 0) is 10.0 Å². The highest BCUT2D eigenvalue weighted by molar-refractivity contribution is 7.92. The van der Waals surface area contributed by atoms with Crippen molar-refractivity contribution in [3.8, 4) is 11.1 Å². The maximum absolute atomic E-state index is 12.5. The summed E-state index contributed by atoms with van der Waals surface area (Å²) in [6, 6.07) is 12.2. The molecule has 0 unspecified atom stereocenters. The molecule has 0 aliphatic carbocycles. The van der Waals surface area contributed by atoms with Crippen molar-refractivity contribution in [2.24, 2.45) is 0 Å². The van der Waals surface area contributed by atoms with E-state index in [1.165, 1.54) is 4.31 Å². The number of rotatable bonds is 4. The number of aryl methyl sites for hydroxylation is 2. The smallest absolute Gasteiger partial charge is 0.236 e. The second-order valence-electron chi connectivity index (χ2n) is 6.32. The molecule has 0 fully saturated rings. The molecule has 1 heterocycles. The third kappa shape index (κ3) is 4.10. The Morgan fingerprint density at radius 1 is 0.852 bits per heavy atom. The minimum Gasteiger partial charge on any atom is -0.264 e. The van der Waals surface area contributed by atoms with Crippen molar-refractivity contribution in [1.29, 1.82) is 0 Å². The summed E-state index contributed by atoms with van der Waals surface area (Å²) in [5, 5.41) is 0.662. The second kappa shape index (κ2) is 7.50. The molecule has 4 nitrogen and oxygen atoms in total. The molecular weight excluding hydrogens is 403 g/mol. The average molecular weight is 421 g/mol. The predicted octanol–water partition coefficient (Wildman–Crippen LogP) is 5.77. The van der Waals surface area contributed by atoms with Crippen molar-refractivity contribution < 1.29 is 8.42 Å². The Morgan fingerprint density at radius 2 is 1.52 bits per heavy atom. The van der Waals surface area contributed by atoms with Crippen LogP contribution < -0.4 is 4.31 Å². The lowest BCUT2D eigenvalue weighted by Gasteiger charge is -2.24. The van der Waals surface area contributed by atoms with Gasteiger partial charge in [-0.05, 0) is 66.9 Å². The molecule has 0 amide bonds. The molecule has 0 bridgehead atoms. The van der Waals surface area contributed by atoms with Gasteiger partial charge in [-0.1, -0.05) is 29.3 Å². The minimum absolute atomic E-state index is 0.294. The van der Waals surface area contributed by atoms with Gasteiger partial charge in [-0.3, -0.25) is 4.98 Å². The molecule has 0 radical (unpaired) electrons. The summed E-state index contributed by atoms with van der Waals surface area (Å²) in [5.41, 5.74) is 5.02. The van der Waals surface area contributed by atoms with Gasteiger partial charge in [-0.25, -0.2) is 12.7 Å². The van der Waals surface area contributed by atoms with E-state index in [1.807, 2.05) is 38.2 Å². The second-order valence-corrected chi connectivity index (χ2v) is 8.96. The maximum atomic E-state index is 12.5. The van der Waals surface area contributed by atoms with Crippen LogP contribution in [0.25, 0.3) is 11.1 Å². The molecule has 0 saturated heterocycles. The van der Waals surface area contributed by atoms with Crippen molar-refractivity contribution in [2.75, 3.05) is 10.6 Å². The first-order valence-corrected chi connectivity index (χ1v) is 10.8. The van der Waals surface area contributed by atoms with Crippen LogP contribution in [0.5, 0.6) is 0 Å². The molecule has 7 heteroatoms. The summed E-state index contributed by atoms with van der Waals surface area (Å²) in [7, 11) is -3.58. The van der Waals surface area contributed by atoms with E-state index in [0.717, 1.165) is 28.5 Å². The summed E-state index contributed by atoms with van der Waals surface area (Å²) in [6.45, 7) is 3.96. The summed E-state index contributed by atoms with van der Waals surface area (Å²) in [5.74, 6) is 0. The first-order valence-electron chi connectivity index (χ1n) is 8.15. The van der Waals surface area contributed by atoms with Crippen molar-refractivity contribution in [3.05, 3.63) is 76.0 Å². The fourth-order valence-electron chi connectivity index (χ4n) is 2.97. The van der Waals surface area contributed by atoms with Gasteiger partial charge in [0.05, 0.1) is 27.7 Å². The highest BCUT2D eigenvalue weighted by atomic mass is 35.5. The van der Waals surface area contributed by atoms with E-state index < -0.39 is 10.0 Å². The Labute approximate surface area is 169 Å². The number of pyridine rings is 1. The molecule has 0 spiro atoms. The van der Waals surface area contributed by atoms with Gasteiger partial charge in [-0.15, -0.1) is 0 Å². The summed E-state index contributed by atoms with van der Waals surface area (Å²) < 4.78 is 26.2. The Balaban J connectivity index is 2.13. The van der Waals surface area contributed by atoms with Gasteiger partial charge in [-0.2, -0.15) is 0 Å². The van der Waals surface area contributed by atoms with E-state index in [0.29, 0.717) is 21.4 Å². The molecule has 3 rings (SSSR count). The number of hydrogen-bond acceptors (Lipinski definition) is 3. The highest BCUT2D eigenvalue weighted by Crippen LogP contribution is 2.36. The zero-order valence-electron chi connectivity index (χ0n) is 15.1. The van der Waals surface area contributed by atoms with Crippen molar-refractivity contribution in [3.63, 3.8) is 0 Å². The van der Waals surface area contributed by atoms with Crippen LogP contribution in [0, 0.1) is 13.8 Å². The van der Waals surface area contributed by atoms with Gasteiger partial charge < -0.3 is 0 Å². The summed E-state index contributed by atoms with van der Waals surface area (Å²) >= 11 is 12.1. The molecule has 3 aromatic rings. The molecule has 1 aromatic heterocycles. The van der Waals surface area contributed by atoms with E-state index in [9.17, 15) is 8.42 Å². The van der Waals surface area contributed by atoms with Crippen LogP contribution >= 0.6 is 23.2 Å². The zero-order valence-corrected chi connectivity index (χ0v) is 17.4. The Kier molecular flexibility index (Phi) is 5.47. The summed E-state index contributed by atoms with van der Waals surface area (Å²) in [4.78, 5) is 4.19. The number of hydrogen-bond donors (Lipinski definition) is 0. The topological polar surface area (TPSA) is 50.3 Å². The van der Waals surface area contributed by atoms with E-state index >= 15 is 0 Å². The zero-order chi connectivity index (χ0) is 19.8. The van der Waals surface area contributed by atoms with Crippen molar-refractivity contribution in [1.82, 2.24) is 4.98 Å². The molecule has 0 aliphatic rings. The quantitative estimate of drug-likeness (QED) is 0.537. The molecule has 2 aromatic carbocycles. The lowest BCUT2D eigenvalue weighted by molar-refractivity contribution is 0.602. The fraction of sp³-hybridized carbons (Fsp3) is 0.150. The lowest BCUT2D eigenvalue weighted by Crippen LogP contribution is -2.24. The molecule has 0 saturated carbocycles. The number of nitrogens with zero attached hydrogens (tertiary/aromatic N) is 2. The number of halogens is 2. The van der Waals surface area contributed by atoms with Gasteiger partial charge in [0.15, 0.2) is 0 Å². The van der Waals surface area contributed by atoms with Crippen LogP contribution in [0.4, 0.5) is 11.4 Å². The van der Waals surface area contributed by atoms with Crippen LogP contribution in [0.2, 0.25) is 10.0 Å². The van der Waals surface area contributed by atoms with Crippen LogP contribution in [0.1, 0.15) is 11.1 Å². The van der Waals surface area contributed by atoms with Crippen LogP contribution in [0.15, 0.2) is 54.9 Å². The molecule has 0 atom stereocenters. The minimum atomic E-state index is -3.58. The third-order valence-corrected chi connectivity index (χ3v) is 6.07. The van der Waals surface area contributed by atoms with Gasteiger partial charge in [0.1, 0.15) is 0 Å². The maximum Gasteiger partial charge on any atom is 0.236 e. The highest BCUT2D eigenvalue weighted by Gasteiger charge is 2.21. The van der Waals surface area contributed by atoms with Gasteiger partial charge in [0.25, 0.3) is 0 Å². The van der Waals surface area contributed by atoms with Gasteiger partial charge >= 0.3 is 0 Å².